The van der Waals surface area contributed by atoms with E-state index in [9.17, 15) is 0 Å². The molecule has 1 atom stereocenters. The monoisotopic (exact) mass is 331 g/mol. The van der Waals surface area contributed by atoms with E-state index in [1.54, 1.807) is 7.11 Å². The Kier molecular flexibility index (Phi) is 7.20. The third kappa shape index (κ3) is 4.67. The summed E-state index contributed by atoms with van der Waals surface area (Å²) in [6.45, 7) is 5.41. The van der Waals surface area contributed by atoms with Crippen LogP contribution in [0.3, 0.4) is 0 Å². The molecular weight excluding hydrogens is 310 g/mol. The molecule has 0 spiro atoms. The molecule has 1 aromatic carbocycles. The highest BCUT2D eigenvalue weighted by Gasteiger charge is 2.12. The first-order valence-corrected chi connectivity index (χ1v) is 7.28. The summed E-state index contributed by atoms with van der Waals surface area (Å²) >= 11 is 3.49. The number of ether oxygens (including phenoxy) is 2. The zero-order valence-corrected chi connectivity index (χ0v) is 13.3. The second-order valence-electron chi connectivity index (χ2n) is 4.21. The fraction of sp³-hybridized carbons (Fsp3) is 0.571. The first-order valence-electron chi connectivity index (χ1n) is 6.49. The number of hydrogen-bond acceptors (Lipinski definition) is 4. The maximum absolute atomic E-state index is 9.16. The smallest absolute Gasteiger partial charge is 0.174 e. The summed E-state index contributed by atoms with van der Waals surface area (Å²) in [7, 11) is 1.62. The number of hydrogen-bond donors (Lipinski definition) is 2. The van der Waals surface area contributed by atoms with Gasteiger partial charge in [0.15, 0.2) is 11.5 Å². The molecule has 4 nitrogen and oxygen atoms in total. The lowest BCUT2D eigenvalue weighted by atomic mass is 10.1. The lowest BCUT2D eigenvalue weighted by molar-refractivity contribution is 0.238. The first-order chi connectivity index (χ1) is 9.15. The fourth-order valence-electron chi connectivity index (χ4n) is 1.78. The Morgan fingerprint density at radius 3 is 2.63 bits per heavy atom. The third-order valence-corrected chi connectivity index (χ3v) is 3.47. The van der Waals surface area contributed by atoms with Crippen LogP contribution in [0.5, 0.6) is 11.5 Å². The van der Waals surface area contributed by atoms with Gasteiger partial charge in [-0.25, -0.2) is 0 Å². The number of methoxy groups -OCH3 is 1. The topological polar surface area (TPSA) is 50.7 Å². The lowest BCUT2D eigenvalue weighted by Gasteiger charge is -2.16. The maximum atomic E-state index is 9.16. The Morgan fingerprint density at radius 2 is 2.11 bits per heavy atom. The van der Waals surface area contributed by atoms with Crippen molar-refractivity contribution >= 4 is 15.9 Å². The largest absolute Gasteiger partial charge is 0.492 e. The molecular formula is C14H22BrNO3. The number of aliphatic hydroxyl groups excluding tert-OH is 1. The highest BCUT2D eigenvalue weighted by Crippen LogP contribution is 2.36. The zero-order valence-electron chi connectivity index (χ0n) is 11.7. The minimum absolute atomic E-state index is 0.122. The molecule has 0 heterocycles. The van der Waals surface area contributed by atoms with E-state index in [0.717, 1.165) is 22.2 Å². The van der Waals surface area contributed by atoms with Crippen LogP contribution in [-0.4, -0.2) is 31.5 Å². The molecule has 0 saturated heterocycles. The van der Waals surface area contributed by atoms with E-state index < -0.39 is 0 Å². The molecule has 0 aliphatic carbocycles. The number of rotatable bonds is 8. The fourth-order valence-corrected chi connectivity index (χ4v) is 2.44. The Morgan fingerprint density at radius 1 is 1.37 bits per heavy atom. The SMILES string of the molecule is CCOc1cc(CN[C@H](CC)CO)cc(Br)c1OC. The second kappa shape index (κ2) is 8.40. The third-order valence-electron chi connectivity index (χ3n) is 2.88. The van der Waals surface area contributed by atoms with Crippen LogP contribution < -0.4 is 14.8 Å². The van der Waals surface area contributed by atoms with Crippen LogP contribution in [0, 0.1) is 0 Å². The summed E-state index contributed by atoms with van der Waals surface area (Å²) in [6.07, 6.45) is 0.895. The molecule has 0 bridgehead atoms. The molecule has 0 radical (unpaired) electrons. The molecule has 0 saturated carbocycles. The highest BCUT2D eigenvalue weighted by molar-refractivity contribution is 9.10. The van der Waals surface area contributed by atoms with Crippen LogP contribution in [0.25, 0.3) is 0 Å². The Bertz CT molecular complexity index is 395. The van der Waals surface area contributed by atoms with Crippen molar-refractivity contribution in [2.45, 2.75) is 32.9 Å². The van der Waals surface area contributed by atoms with Crippen LogP contribution in [0.15, 0.2) is 16.6 Å². The predicted octanol–water partition coefficient (Wildman–Crippen LogP) is 2.72. The number of halogens is 1. The quantitative estimate of drug-likeness (QED) is 0.769. The summed E-state index contributed by atoms with van der Waals surface area (Å²) < 4.78 is 11.8. The molecule has 0 amide bonds. The van der Waals surface area contributed by atoms with Crippen molar-refractivity contribution in [2.24, 2.45) is 0 Å². The molecule has 19 heavy (non-hydrogen) atoms. The van der Waals surface area contributed by atoms with Gasteiger partial charge >= 0.3 is 0 Å². The van der Waals surface area contributed by atoms with Gasteiger partial charge in [-0.1, -0.05) is 6.92 Å². The summed E-state index contributed by atoms with van der Waals surface area (Å²) in [5.74, 6) is 1.44. The Labute approximate surface area is 123 Å². The summed E-state index contributed by atoms with van der Waals surface area (Å²) in [4.78, 5) is 0. The summed E-state index contributed by atoms with van der Waals surface area (Å²) in [6, 6.07) is 4.08. The van der Waals surface area contributed by atoms with Crippen LogP contribution >= 0.6 is 15.9 Å². The minimum Gasteiger partial charge on any atom is -0.492 e. The Hall–Kier alpha value is -0.780. The molecule has 0 fully saturated rings. The van der Waals surface area contributed by atoms with Gasteiger partial charge in [0.1, 0.15) is 0 Å². The molecule has 5 heteroatoms. The standard InChI is InChI=1S/C14H22BrNO3/c1-4-11(9-17)16-8-10-6-12(15)14(18-3)13(7-10)19-5-2/h6-7,11,16-17H,4-5,8-9H2,1-3H3/t11-/m1/s1. The van der Waals surface area contributed by atoms with Gasteiger partial charge in [-0.05, 0) is 47.0 Å². The number of benzene rings is 1. The van der Waals surface area contributed by atoms with Gasteiger partial charge in [-0.15, -0.1) is 0 Å². The van der Waals surface area contributed by atoms with Gasteiger partial charge in [0.2, 0.25) is 0 Å². The molecule has 2 N–H and O–H groups in total. The Balaban J connectivity index is 2.84. The van der Waals surface area contributed by atoms with Crippen molar-refractivity contribution < 1.29 is 14.6 Å². The van der Waals surface area contributed by atoms with Crippen molar-refractivity contribution in [3.63, 3.8) is 0 Å². The van der Waals surface area contributed by atoms with E-state index in [0.29, 0.717) is 18.9 Å². The summed E-state index contributed by atoms with van der Waals surface area (Å²) in [5, 5.41) is 12.5. The van der Waals surface area contributed by atoms with Gasteiger partial charge in [-0.3, -0.25) is 0 Å². The van der Waals surface area contributed by atoms with Crippen LogP contribution in [0.4, 0.5) is 0 Å². The molecule has 1 rings (SSSR count). The van der Waals surface area contributed by atoms with E-state index >= 15 is 0 Å². The highest BCUT2D eigenvalue weighted by atomic mass is 79.9. The van der Waals surface area contributed by atoms with E-state index in [1.807, 2.05) is 26.0 Å². The second-order valence-corrected chi connectivity index (χ2v) is 5.07. The van der Waals surface area contributed by atoms with Gasteiger partial charge in [0, 0.05) is 12.6 Å². The van der Waals surface area contributed by atoms with Gasteiger partial charge < -0.3 is 19.9 Å². The molecule has 0 unspecified atom stereocenters. The average molecular weight is 332 g/mol. The van der Waals surface area contributed by atoms with Crippen molar-refractivity contribution in [1.29, 1.82) is 0 Å². The van der Waals surface area contributed by atoms with Crippen molar-refractivity contribution in [2.75, 3.05) is 20.3 Å². The van der Waals surface area contributed by atoms with Crippen molar-refractivity contribution in [3.05, 3.63) is 22.2 Å². The van der Waals surface area contributed by atoms with E-state index in [2.05, 4.69) is 21.2 Å². The molecule has 0 aliphatic heterocycles. The lowest BCUT2D eigenvalue weighted by Crippen LogP contribution is -2.31. The molecule has 108 valence electrons. The zero-order chi connectivity index (χ0) is 14.3. The van der Waals surface area contributed by atoms with Crippen molar-refractivity contribution in [3.8, 4) is 11.5 Å². The maximum Gasteiger partial charge on any atom is 0.174 e. The van der Waals surface area contributed by atoms with Gasteiger partial charge in [0.05, 0.1) is 24.8 Å². The number of nitrogens with one attached hydrogen (secondary N) is 1. The molecule has 1 aromatic rings. The average Bonchev–Trinajstić information content (AvgIpc) is 2.40. The van der Waals surface area contributed by atoms with E-state index in [-0.39, 0.29) is 12.6 Å². The van der Waals surface area contributed by atoms with Crippen LogP contribution in [-0.2, 0) is 6.54 Å². The first kappa shape index (κ1) is 16.3. The van der Waals surface area contributed by atoms with Crippen LogP contribution in [0.2, 0.25) is 0 Å². The number of aliphatic hydroxyl groups is 1. The van der Waals surface area contributed by atoms with Crippen molar-refractivity contribution in [1.82, 2.24) is 5.32 Å². The molecule has 0 aromatic heterocycles. The normalized spacial score (nSPS) is 12.3. The van der Waals surface area contributed by atoms with E-state index in [4.69, 9.17) is 14.6 Å². The predicted molar refractivity (Wildman–Crippen MR) is 79.9 cm³/mol. The summed E-state index contributed by atoms with van der Waals surface area (Å²) in [5.41, 5.74) is 1.09. The van der Waals surface area contributed by atoms with Gasteiger partial charge in [-0.2, -0.15) is 0 Å². The van der Waals surface area contributed by atoms with Crippen LogP contribution in [0.1, 0.15) is 25.8 Å². The molecule has 0 aliphatic rings. The van der Waals surface area contributed by atoms with E-state index in [1.165, 1.54) is 0 Å². The minimum atomic E-state index is 0.122. The van der Waals surface area contributed by atoms with Gasteiger partial charge in [0.25, 0.3) is 0 Å².